The number of nitrogens with zero attached hydrogens (tertiary/aromatic N) is 2. The standard InChI is InChI=1S/C10H11N3O/c1-7-2-4-8(5-3-7)10-12-9(6-11)13-14-10/h2-5H,6,11H2,1H3. The molecule has 0 aliphatic heterocycles. The van der Waals surface area contributed by atoms with Gasteiger partial charge in [0, 0.05) is 5.56 Å². The molecule has 1 heterocycles. The Bertz CT molecular complexity index is 419. The van der Waals surface area contributed by atoms with E-state index in [1.165, 1.54) is 5.56 Å². The van der Waals surface area contributed by atoms with Crippen molar-refractivity contribution >= 4 is 0 Å². The summed E-state index contributed by atoms with van der Waals surface area (Å²) in [5, 5.41) is 3.72. The third-order valence-electron chi connectivity index (χ3n) is 1.95. The normalized spacial score (nSPS) is 10.4. The van der Waals surface area contributed by atoms with E-state index in [1.807, 2.05) is 31.2 Å². The summed E-state index contributed by atoms with van der Waals surface area (Å²) in [4.78, 5) is 4.13. The minimum atomic E-state index is 0.301. The van der Waals surface area contributed by atoms with Crippen molar-refractivity contribution in [1.82, 2.24) is 10.1 Å². The summed E-state index contributed by atoms with van der Waals surface area (Å²) >= 11 is 0. The fourth-order valence-electron chi connectivity index (χ4n) is 1.15. The van der Waals surface area contributed by atoms with Gasteiger partial charge in [-0.1, -0.05) is 22.9 Å². The maximum atomic E-state index is 5.38. The van der Waals surface area contributed by atoms with Crippen molar-refractivity contribution in [2.75, 3.05) is 0 Å². The van der Waals surface area contributed by atoms with Gasteiger partial charge in [-0.15, -0.1) is 0 Å². The summed E-state index contributed by atoms with van der Waals surface area (Å²) in [5.41, 5.74) is 7.50. The van der Waals surface area contributed by atoms with E-state index in [4.69, 9.17) is 10.3 Å². The fourth-order valence-corrected chi connectivity index (χ4v) is 1.15. The molecule has 2 N–H and O–H groups in total. The third kappa shape index (κ3) is 1.65. The Balaban J connectivity index is 2.34. The van der Waals surface area contributed by atoms with Crippen LogP contribution in [0.4, 0.5) is 0 Å². The number of hydrogen-bond donors (Lipinski definition) is 1. The maximum Gasteiger partial charge on any atom is 0.257 e. The highest BCUT2D eigenvalue weighted by Crippen LogP contribution is 2.17. The average Bonchev–Trinajstić information content (AvgIpc) is 2.67. The van der Waals surface area contributed by atoms with Crippen LogP contribution in [0.3, 0.4) is 0 Å². The minimum Gasteiger partial charge on any atom is -0.334 e. The number of aryl methyl sites for hydroxylation is 1. The monoisotopic (exact) mass is 189 g/mol. The zero-order chi connectivity index (χ0) is 9.97. The Hall–Kier alpha value is -1.68. The van der Waals surface area contributed by atoms with Crippen LogP contribution < -0.4 is 5.73 Å². The topological polar surface area (TPSA) is 64.9 Å². The summed E-state index contributed by atoms with van der Waals surface area (Å²) in [6.45, 7) is 2.33. The van der Waals surface area contributed by atoms with Crippen molar-refractivity contribution in [2.24, 2.45) is 5.73 Å². The summed E-state index contributed by atoms with van der Waals surface area (Å²) < 4.78 is 5.04. The van der Waals surface area contributed by atoms with Crippen LogP contribution in [0.15, 0.2) is 28.8 Å². The Morgan fingerprint density at radius 2 is 2.00 bits per heavy atom. The van der Waals surface area contributed by atoms with Crippen molar-refractivity contribution in [2.45, 2.75) is 13.5 Å². The van der Waals surface area contributed by atoms with Gasteiger partial charge in [0.25, 0.3) is 5.89 Å². The Morgan fingerprint density at radius 3 is 2.57 bits per heavy atom. The predicted octanol–water partition coefficient (Wildman–Crippen LogP) is 1.50. The molecular formula is C10H11N3O. The Labute approximate surface area is 81.7 Å². The molecule has 1 aromatic heterocycles. The molecule has 0 saturated carbocycles. The molecule has 2 rings (SSSR count). The lowest BCUT2D eigenvalue weighted by atomic mass is 10.1. The van der Waals surface area contributed by atoms with Crippen LogP contribution in [-0.2, 0) is 6.54 Å². The van der Waals surface area contributed by atoms with Gasteiger partial charge in [0.05, 0.1) is 6.54 Å². The maximum absolute atomic E-state index is 5.38. The van der Waals surface area contributed by atoms with E-state index >= 15 is 0 Å². The Kier molecular flexibility index (Phi) is 2.28. The first-order valence-corrected chi connectivity index (χ1v) is 4.39. The molecule has 0 aliphatic carbocycles. The molecule has 0 fully saturated rings. The van der Waals surface area contributed by atoms with Gasteiger partial charge in [-0.2, -0.15) is 4.98 Å². The summed E-state index contributed by atoms with van der Waals surface area (Å²) in [7, 11) is 0. The van der Waals surface area contributed by atoms with Crippen LogP contribution in [0.5, 0.6) is 0 Å². The van der Waals surface area contributed by atoms with Crippen LogP contribution in [-0.4, -0.2) is 10.1 Å². The number of benzene rings is 1. The van der Waals surface area contributed by atoms with E-state index in [2.05, 4.69) is 10.1 Å². The van der Waals surface area contributed by atoms with Gasteiger partial charge in [-0.25, -0.2) is 0 Å². The first-order valence-electron chi connectivity index (χ1n) is 4.39. The molecule has 2 aromatic rings. The SMILES string of the molecule is Cc1ccc(-c2nc(CN)no2)cc1. The van der Waals surface area contributed by atoms with E-state index < -0.39 is 0 Å². The lowest BCUT2D eigenvalue weighted by Gasteiger charge is -1.93. The zero-order valence-electron chi connectivity index (χ0n) is 7.90. The molecular weight excluding hydrogens is 178 g/mol. The van der Waals surface area contributed by atoms with E-state index in [0.717, 1.165) is 5.56 Å². The molecule has 0 aliphatic rings. The molecule has 0 unspecified atom stereocenters. The average molecular weight is 189 g/mol. The largest absolute Gasteiger partial charge is 0.334 e. The van der Waals surface area contributed by atoms with Crippen molar-refractivity contribution in [1.29, 1.82) is 0 Å². The summed E-state index contributed by atoms with van der Waals surface area (Å²) in [5.74, 6) is 1.05. The lowest BCUT2D eigenvalue weighted by Crippen LogP contribution is -1.97. The summed E-state index contributed by atoms with van der Waals surface area (Å²) in [6.07, 6.45) is 0. The first kappa shape index (κ1) is 8.90. The quantitative estimate of drug-likeness (QED) is 0.777. The highest BCUT2D eigenvalue weighted by molar-refractivity contribution is 5.52. The molecule has 0 radical (unpaired) electrons. The highest BCUT2D eigenvalue weighted by atomic mass is 16.5. The van der Waals surface area contributed by atoms with E-state index in [0.29, 0.717) is 18.3 Å². The van der Waals surface area contributed by atoms with Crippen LogP contribution in [0.1, 0.15) is 11.4 Å². The van der Waals surface area contributed by atoms with Gasteiger partial charge in [-0.3, -0.25) is 0 Å². The third-order valence-corrected chi connectivity index (χ3v) is 1.95. The van der Waals surface area contributed by atoms with Gasteiger partial charge >= 0.3 is 0 Å². The molecule has 4 heteroatoms. The molecule has 0 atom stereocenters. The molecule has 1 aromatic carbocycles. The van der Waals surface area contributed by atoms with Gasteiger partial charge in [0.2, 0.25) is 0 Å². The molecule has 0 saturated heterocycles. The first-order chi connectivity index (χ1) is 6.79. The molecule has 0 bridgehead atoms. The number of nitrogens with two attached hydrogens (primary N) is 1. The van der Waals surface area contributed by atoms with Gasteiger partial charge in [0.15, 0.2) is 5.82 Å². The predicted molar refractivity (Wildman–Crippen MR) is 52.4 cm³/mol. The van der Waals surface area contributed by atoms with E-state index in [1.54, 1.807) is 0 Å². The van der Waals surface area contributed by atoms with Crippen LogP contribution in [0.25, 0.3) is 11.5 Å². The molecule has 0 spiro atoms. The number of rotatable bonds is 2. The fraction of sp³-hybridized carbons (Fsp3) is 0.200. The van der Waals surface area contributed by atoms with Crippen molar-refractivity contribution < 1.29 is 4.52 Å². The number of hydrogen-bond acceptors (Lipinski definition) is 4. The molecule has 0 amide bonds. The van der Waals surface area contributed by atoms with E-state index in [9.17, 15) is 0 Å². The van der Waals surface area contributed by atoms with Gasteiger partial charge in [0.1, 0.15) is 0 Å². The second-order valence-corrected chi connectivity index (χ2v) is 3.09. The van der Waals surface area contributed by atoms with Crippen molar-refractivity contribution in [3.63, 3.8) is 0 Å². The number of aromatic nitrogens is 2. The Morgan fingerprint density at radius 1 is 1.29 bits per heavy atom. The highest BCUT2D eigenvalue weighted by Gasteiger charge is 2.06. The van der Waals surface area contributed by atoms with Crippen LogP contribution >= 0.6 is 0 Å². The minimum absolute atomic E-state index is 0.301. The molecule has 14 heavy (non-hydrogen) atoms. The molecule has 72 valence electrons. The van der Waals surface area contributed by atoms with E-state index in [-0.39, 0.29) is 0 Å². The summed E-state index contributed by atoms with van der Waals surface area (Å²) in [6, 6.07) is 7.90. The second kappa shape index (κ2) is 3.59. The molecule has 4 nitrogen and oxygen atoms in total. The van der Waals surface area contributed by atoms with Gasteiger partial charge in [-0.05, 0) is 19.1 Å². The van der Waals surface area contributed by atoms with Crippen molar-refractivity contribution in [3.8, 4) is 11.5 Å². The van der Waals surface area contributed by atoms with Gasteiger partial charge < -0.3 is 10.3 Å². The smallest absolute Gasteiger partial charge is 0.257 e. The second-order valence-electron chi connectivity index (χ2n) is 3.09. The van der Waals surface area contributed by atoms with Crippen LogP contribution in [0, 0.1) is 6.92 Å². The van der Waals surface area contributed by atoms with Crippen LogP contribution in [0.2, 0.25) is 0 Å². The zero-order valence-corrected chi connectivity index (χ0v) is 7.90. The van der Waals surface area contributed by atoms with Crippen molar-refractivity contribution in [3.05, 3.63) is 35.7 Å². The lowest BCUT2D eigenvalue weighted by molar-refractivity contribution is 0.423.